The number of nitrogens with one attached hydrogen (secondary N) is 1. The molecule has 2 fully saturated rings. The zero-order valence-corrected chi connectivity index (χ0v) is 11.0. The second-order valence-corrected chi connectivity index (χ2v) is 5.78. The van der Waals surface area contributed by atoms with Gasteiger partial charge < -0.3 is 10.2 Å². The van der Waals surface area contributed by atoms with Crippen LogP contribution in [-0.4, -0.2) is 36.6 Å². The highest BCUT2D eigenvalue weighted by Gasteiger charge is 2.27. The van der Waals surface area contributed by atoms with Gasteiger partial charge in [0, 0.05) is 18.6 Å². The monoisotopic (exact) mass is 224 g/mol. The van der Waals surface area contributed by atoms with E-state index in [4.69, 9.17) is 0 Å². The lowest BCUT2D eigenvalue weighted by molar-refractivity contribution is 0.269. The van der Waals surface area contributed by atoms with Crippen molar-refractivity contribution in [1.82, 2.24) is 10.2 Å². The summed E-state index contributed by atoms with van der Waals surface area (Å²) in [5.41, 5.74) is 0. The lowest BCUT2D eigenvalue weighted by atomic mass is 10.00. The molecule has 1 saturated heterocycles. The van der Waals surface area contributed by atoms with E-state index in [1.807, 2.05) is 0 Å². The summed E-state index contributed by atoms with van der Waals surface area (Å²) in [5.74, 6) is 0.945. The van der Waals surface area contributed by atoms with Crippen molar-refractivity contribution in [3.8, 4) is 0 Å². The molecule has 2 heteroatoms. The highest BCUT2D eigenvalue weighted by molar-refractivity contribution is 4.85. The van der Waals surface area contributed by atoms with Gasteiger partial charge in [-0.3, -0.25) is 0 Å². The molecule has 3 unspecified atom stereocenters. The van der Waals surface area contributed by atoms with Crippen molar-refractivity contribution in [3.63, 3.8) is 0 Å². The summed E-state index contributed by atoms with van der Waals surface area (Å²) in [6.45, 7) is 8.62. The molecule has 3 atom stereocenters. The topological polar surface area (TPSA) is 15.3 Å². The maximum absolute atomic E-state index is 3.87. The Labute approximate surface area is 101 Å². The minimum atomic E-state index is 0.676. The summed E-state index contributed by atoms with van der Waals surface area (Å²) >= 11 is 0. The fraction of sp³-hybridized carbons (Fsp3) is 1.00. The Morgan fingerprint density at radius 1 is 1.19 bits per heavy atom. The van der Waals surface area contributed by atoms with Gasteiger partial charge in [0.1, 0.15) is 0 Å². The molecule has 2 aliphatic rings. The van der Waals surface area contributed by atoms with Crippen LogP contribution in [0.3, 0.4) is 0 Å². The number of nitrogens with zero attached hydrogens (tertiary/aromatic N) is 1. The van der Waals surface area contributed by atoms with Crippen molar-refractivity contribution in [1.29, 1.82) is 0 Å². The lowest BCUT2D eigenvalue weighted by Crippen LogP contribution is -2.44. The third-order valence-electron chi connectivity index (χ3n) is 4.41. The smallest absolute Gasteiger partial charge is 0.0169 e. The van der Waals surface area contributed by atoms with Gasteiger partial charge in [-0.15, -0.1) is 0 Å². The minimum Gasteiger partial charge on any atom is -0.310 e. The fourth-order valence-electron chi connectivity index (χ4n) is 3.52. The molecule has 1 aliphatic carbocycles. The molecule has 1 saturated carbocycles. The van der Waals surface area contributed by atoms with Crippen molar-refractivity contribution in [2.24, 2.45) is 5.92 Å². The average molecular weight is 224 g/mol. The van der Waals surface area contributed by atoms with E-state index >= 15 is 0 Å². The van der Waals surface area contributed by atoms with E-state index in [0.717, 1.165) is 12.0 Å². The minimum absolute atomic E-state index is 0.676. The molecule has 94 valence electrons. The number of rotatable bonds is 5. The molecule has 1 N–H and O–H groups in total. The second kappa shape index (κ2) is 6.02. The predicted octanol–water partition coefficient (Wildman–Crippen LogP) is 2.64. The van der Waals surface area contributed by atoms with Crippen molar-refractivity contribution in [2.45, 2.75) is 64.5 Å². The van der Waals surface area contributed by atoms with Gasteiger partial charge in [0.25, 0.3) is 0 Å². The Morgan fingerprint density at radius 2 is 1.94 bits per heavy atom. The van der Waals surface area contributed by atoms with E-state index in [1.54, 1.807) is 0 Å². The van der Waals surface area contributed by atoms with E-state index in [9.17, 15) is 0 Å². The van der Waals surface area contributed by atoms with E-state index in [0.29, 0.717) is 6.04 Å². The molecule has 2 nitrogen and oxygen atoms in total. The van der Waals surface area contributed by atoms with Gasteiger partial charge in [0.05, 0.1) is 0 Å². The van der Waals surface area contributed by atoms with Crippen LogP contribution < -0.4 is 5.32 Å². The van der Waals surface area contributed by atoms with Gasteiger partial charge in [-0.05, 0) is 51.6 Å². The van der Waals surface area contributed by atoms with Crippen LogP contribution in [0.15, 0.2) is 0 Å². The molecule has 1 aliphatic heterocycles. The van der Waals surface area contributed by atoms with Crippen LogP contribution in [0.5, 0.6) is 0 Å². The summed E-state index contributed by atoms with van der Waals surface area (Å²) in [4.78, 5) is 2.62. The van der Waals surface area contributed by atoms with Gasteiger partial charge >= 0.3 is 0 Å². The summed E-state index contributed by atoms with van der Waals surface area (Å²) < 4.78 is 0. The summed E-state index contributed by atoms with van der Waals surface area (Å²) in [6.07, 6.45) is 8.47. The largest absolute Gasteiger partial charge is 0.310 e. The molecule has 2 rings (SSSR count). The first-order valence-corrected chi connectivity index (χ1v) is 7.28. The number of likely N-dealkylation sites (tertiary alicyclic amines) is 1. The maximum Gasteiger partial charge on any atom is 0.0169 e. The quantitative estimate of drug-likeness (QED) is 0.772. The van der Waals surface area contributed by atoms with Gasteiger partial charge in [0.15, 0.2) is 0 Å². The molecule has 0 bridgehead atoms. The van der Waals surface area contributed by atoms with Crippen molar-refractivity contribution >= 4 is 0 Å². The van der Waals surface area contributed by atoms with Crippen molar-refractivity contribution in [2.75, 3.05) is 19.6 Å². The van der Waals surface area contributed by atoms with E-state index < -0.39 is 0 Å². The van der Waals surface area contributed by atoms with Crippen LogP contribution in [0.4, 0.5) is 0 Å². The Bertz CT molecular complexity index is 199. The molecule has 0 amide bonds. The van der Waals surface area contributed by atoms with Crippen LogP contribution in [0, 0.1) is 5.92 Å². The Kier molecular flexibility index (Phi) is 4.66. The highest BCUT2D eigenvalue weighted by Crippen LogP contribution is 2.28. The maximum atomic E-state index is 3.87. The van der Waals surface area contributed by atoms with Gasteiger partial charge in [0.2, 0.25) is 0 Å². The Morgan fingerprint density at radius 3 is 2.62 bits per heavy atom. The highest BCUT2D eigenvalue weighted by atomic mass is 15.2. The molecular formula is C14H28N2. The Hall–Kier alpha value is -0.0800. The first-order chi connectivity index (χ1) is 7.79. The van der Waals surface area contributed by atoms with Crippen LogP contribution in [0.25, 0.3) is 0 Å². The summed E-state index contributed by atoms with van der Waals surface area (Å²) in [5, 5.41) is 3.87. The molecule has 0 radical (unpaired) electrons. The normalized spacial score (nSPS) is 33.4. The first-order valence-electron chi connectivity index (χ1n) is 7.28. The van der Waals surface area contributed by atoms with Crippen LogP contribution in [0.2, 0.25) is 0 Å². The SMILES string of the molecule is CCC1CCCC1NC(C)CN1CCCC1. The molecule has 0 aromatic heterocycles. The second-order valence-electron chi connectivity index (χ2n) is 5.78. The number of hydrogen-bond acceptors (Lipinski definition) is 2. The Balaban J connectivity index is 1.71. The van der Waals surface area contributed by atoms with E-state index in [1.165, 1.54) is 58.2 Å². The third-order valence-corrected chi connectivity index (χ3v) is 4.41. The molecule has 0 spiro atoms. The van der Waals surface area contributed by atoms with Gasteiger partial charge in [-0.2, -0.15) is 0 Å². The fourth-order valence-corrected chi connectivity index (χ4v) is 3.52. The zero-order chi connectivity index (χ0) is 11.4. The van der Waals surface area contributed by atoms with Crippen LogP contribution >= 0.6 is 0 Å². The predicted molar refractivity (Wildman–Crippen MR) is 69.7 cm³/mol. The lowest BCUT2D eigenvalue weighted by Gasteiger charge is -2.27. The molecule has 16 heavy (non-hydrogen) atoms. The van der Waals surface area contributed by atoms with Crippen molar-refractivity contribution < 1.29 is 0 Å². The van der Waals surface area contributed by atoms with Gasteiger partial charge in [-0.1, -0.05) is 19.8 Å². The summed E-state index contributed by atoms with van der Waals surface area (Å²) in [6, 6.07) is 1.48. The zero-order valence-electron chi connectivity index (χ0n) is 11.0. The van der Waals surface area contributed by atoms with Gasteiger partial charge in [-0.25, -0.2) is 0 Å². The van der Waals surface area contributed by atoms with Crippen LogP contribution in [0.1, 0.15) is 52.4 Å². The molecule has 0 aromatic carbocycles. The molecule has 0 aromatic rings. The number of hydrogen-bond donors (Lipinski definition) is 1. The molecular weight excluding hydrogens is 196 g/mol. The average Bonchev–Trinajstić information content (AvgIpc) is 2.88. The van der Waals surface area contributed by atoms with Crippen molar-refractivity contribution in [3.05, 3.63) is 0 Å². The molecule has 1 heterocycles. The third kappa shape index (κ3) is 3.21. The van der Waals surface area contributed by atoms with E-state index in [-0.39, 0.29) is 0 Å². The summed E-state index contributed by atoms with van der Waals surface area (Å²) in [7, 11) is 0. The first kappa shape index (κ1) is 12.4. The van der Waals surface area contributed by atoms with E-state index in [2.05, 4.69) is 24.1 Å². The van der Waals surface area contributed by atoms with Crippen LogP contribution in [-0.2, 0) is 0 Å². The standard InChI is InChI=1S/C14H28N2/c1-3-13-7-6-8-14(13)15-12(2)11-16-9-4-5-10-16/h12-15H,3-11H2,1-2H3.